The number of hydrogen-bond donors (Lipinski definition) is 0. The maximum absolute atomic E-state index is 12.3. The van der Waals surface area contributed by atoms with E-state index >= 15 is 0 Å². The Kier molecular flexibility index (Phi) is 3.80. The molecular formula is C15H18O3. The lowest BCUT2D eigenvalue weighted by Gasteiger charge is -2.11. The lowest BCUT2D eigenvalue weighted by Crippen LogP contribution is -2.27. The van der Waals surface area contributed by atoms with E-state index in [0.717, 1.165) is 12.0 Å². The monoisotopic (exact) mass is 246 g/mol. The predicted molar refractivity (Wildman–Crippen MR) is 68.1 cm³/mol. The number of esters is 1. The van der Waals surface area contributed by atoms with E-state index in [2.05, 4.69) is 0 Å². The van der Waals surface area contributed by atoms with Gasteiger partial charge in [0.15, 0.2) is 5.78 Å². The van der Waals surface area contributed by atoms with Gasteiger partial charge in [0.25, 0.3) is 0 Å². The van der Waals surface area contributed by atoms with Crippen LogP contribution in [0.1, 0.15) is 31.7 Å². The van der Waals surface area contributed by atoms with Crippen molar-refractivity contribution < 1.29 is 14.3 Å². The van der Waals surface area contributed by atoms with Gasteiger partial charge in [-0.15, -0.1) is 0 Å². The summed E-state index contributed by atoms with van der Waals surface area (Å²) in [6.45, 7) is 4.03. The Morgan fingerprint density at radius 3 is 2.61 bits per heavy atom. The van der Waals surface area contributed by atoms with Crippen molar-refractivity contribution >= 4 is 11.8 Å². The first-order valence-corrected chi connectivity index (χ1v) is 6.40. The molecule has 3 nitrogen and oxygen atoms in total. The minimum absolute atomic E-state index is 0.00662. The number of carbonyl (C=O) groups is 2. The van der Waals surface area contributed by atoms with Gasteiger partial charge in [0, 0.05) is 5.92 Å². The topological polar surface area (TPSA) is 43.4 Å². The predicted octanol–water partition coefficient (Wildman–Crippen LogP) is 2.56. The third kappa shape index (κ3) is 2.30. The minimum Gasteiger partial charge on any atom is -0.465 e. The molecular weight excluding hydrogens is 228 g/mol. The standard InChI is InChI=1S/C15H18O3/c1-3-18-15(17)13-10(2)9-12(14(13)16)11-7-5-4-6-8-11/h4-8,10,12-13H,3,9H2,1-2H3. The first-order chi connectivity index (χ1) is 8.65. The Labute approximate surface area is 107 Å². The zero-order chi connectivity index (χ0) is 13.1. The van der Waals surface area contributed by atoms with E-state index in [-0.39, 0.29) is 23.6 Å². The van der Waals surface area contributed by atoms with Crippen molar-refractivity contribution in [2.45, 2.75) is 26.2 Å². The molecule has 1 aromatic carbocycles. The van der Waals surface area contributed by atoms with Crippen LogP contribution in [-0.2, 0) is 14.3 Å². The number of carbonyl (C=O) groups excluding carboxylic acids is 2. The normalized spacial score (nSPS) is 27.2. The Balaban J connectivity index is 2.19. The van der Waals surface area contributed by atoms with Gasteiger partial charge in [-0.05, 0) is 24.8 Å². The molecule has 0 N–H and O–H groups in total. The first-order valence-electron chi connectivity index (χ1n) is 6.40. The highest BCUT2D eigenvalue weighted by Crippen LogP contribution is 2.39. The molecule has 0 radical (unpaired) electrons. The van der Waals surface area contributed by atoms with Crippen molar-refractivity contribution in [1.29, 1.82) is 0 Å². The lowest BCUT2D eigenvalue weighted by atomic mass is 9.95. The largest absolute Gasteiger partial charge is 0.465 e. The summed E-state index contributed by atoms with van der Waals surface area (Å²) in [7, 11) is 0. The molecule has 0 heterocycles. The third-order valence-electron chi connectivity index (χ3n) is 3.57. The Morgan fingerprint density at radius 2 is 2.00 bits per heavy atom. The summed E-state index contributed by atoms with van der Waals surface area (Å²) in [4.78, 5) is 24.1. The van der Waals surface area contributed by atoms with Crippen LogP contribution in [0.2, 0.25) is 0 Å². The van der Waals surface area contributed by atoms with Crippen LogP contribution in [0.15, 0.2) is 30.3 Å². The van der Waals surface area contributed by atoms with Gasteiger partial charge in [-0.2, -0.15) is 0 Å². The second kappa shape index (κ2) is 5.34. The van der Waals surface area contributed by atoms with Crippen molar-refractivity contribution in [2.24, 2.45) is 11.8 Å². The smallest absolute Gasteiger partial charge is 0.316 e. The summed E-state index contributed by atoms with van der Waals surface area (Å²) in [5, 5.41) is 0. The SMILES string of the molecule is CCOC(=O)C1C(=O)C(c2ccccc2)CC1C. The molecule has 0 aromatic heterocycles. The van der Waals surface area contributed by atoms with Crippen LogP contribution in [0, 0.1) is 11.8 Å². The van der Waals surface area contributed by atoms with Crippen molar-refractivity contribution in [1.82, 2.24) is 0 Å². The molecule has 2 rings (SSSR count). The van der Waals surface area contributed by atoms with Gasteiger partial charge < -0.3 is 4.74 Å². The van der Waals surface area contributed by atoms with Gasteiger partial charge in [0.05, 0.1) is 6.61 Å². The number of hydrogen-bond acceptors (Lipinski definition) is 3. The van der Waals surface area contributed by atoms with Gasteiger partial charge in [-0.1, -0.05) is 37.3 Å². The fraction of sp³-hybridized carbons (Fsp3) is 0.467. The zero-order valence-electron chi connectivity index (χ0n) is 10.8. The molecule has 96 valence electrons. The summed E-state index contributed by atoms with van der Waals surface area (Å²) in [5.74, 6) is -1.05. The van der Waals surface area contributed by atoms with Crippen molar-refractivity contribution in [2.75, 3.05) is 6.61 Å². The van der Waals surface area contributed by atoms with E-state index in [1.54, 1.807) is 6.92 Å². The Bertz CT molecular complexity index is 438. The number of ether oxygens (including phenoxy) is 1. The zero-order valence-corrected chi connectivity index (χ0v) is 10.8. The van der Waals surface area contributed by atoms with Crippen molar-refractivity contribution in [3.63, 3.8) is 0 Å². The van der Waals surface area contributed by atoms with Crippen LogP contribution < -0.4 is 0 Å². The van der Waals surface area contributed by atoms with Gasteiger partial charge >= 0.3 is 5.97 Å². The maximum Gasteiger partial charge on any atom is 0.316 e. The van der Waals surface area contributed by atoms with Crippen LogP contribution in [0.25, 0.3) is 0 Å². The van der Waals surface area contributed by atoms with Crippen molar-refractivity contribution in [3.05, 3.63) is 35.9 Å². The van der Waals surface area contributed by atoms with Crippen LogP contribution in [0.5, 0.6) is 0 Å². The molecule has 3 atom stereocenters. The highest BCUT2D eigenvalue weighted by Gasteiger charge is 2.45. The Hall–Kier alpha value is -1.64. The van der Waals surface area contributed by atoms with Crippen LogP contribution in [-0.4, -0.2) is 18.4 Å². The van der Waals surface area contributed by atoms with Crippen LogP contribution >= 0.6 is 0 Å². The molecule has 3 heteroatoms. The first kappa shape index (κ1) is 12.8. The highest BCUT2D eigenvalue weighted by molar-refractivity contribution is 6.04. The maximum atomic E-state index is 12.3. The lowest BCUT2D eigenvalue weighted by molar-refractivity contribution is -0.151. The fourth-order valence-corrected chi connectivity index (χ4v) is 2.69. The molecule has 1 saturated carbocycles. The molecule has 0 aliphatic heterocycles. The number of benzene rings is 1. The van der Waals surface area contributed by atoms with E-state index in [1.165, 1.54) is 0 Å². The molecule has 1 fully saturated rings. The molecule has 1 aromatic rings. The molecule has 1 aliphatic rings. The van der Waals surface area contributed by atoms with Crippen molar-refractivity contribution in [3.8, 4) is 0 Å². The third-order valence-corrected chi connectivity index (χ3v) is 3.57. The highest BCUT2D eigenvalue weighted by atomic mass is 16.5. The van der Waals surface area contributed by atoms with E-state index < -0.39 is 5.92 Å². The van der Waals surface area contributed by atoms with E-state index in [0.29, 0.717) is 6.61 Å². The van der Waals surface area contributed by atoms with E-state index in [9.17, 15) is 9.59 Å². The van der Waals surface area contributed by atoms with E-state index in [4.69, 9.17) is 4.74 Å². The average molecular weight is 246 g/mol. The van der Waals surface area contributed by atoms with Crippen LogP contribution in [0.4, 0.5) is 0 Å². The van der Waals surface area contributed by atoms with Gasteiger partial charge in [-0.3, -0.25) is 9.59 Å². The van der Waals surface area contributed by atoms with Gasteiger partial charge in [0.1, 0.15) is 5.92 Å². The second-order valence-corrected chi connectivity index (χ2v) is 4.81. The van der Waals surface area contributed by atoms with E-state index in [1.807, 2.05) is 37.3 Å². The molecule has 0 saturated heterocycles. The summed E-state index contributed by atoms with van der Waals surface area (Å²) >= 11 is 0. The number of rotatable bonds is 3. The quantitative estimate of drug-likeness (QED) is 0.608. The van der Waals surface area contributed by atoms with Gasteiger partial charge in [0.2, 0.25) is 0 Å². The summed E-state index contributed by atoms with van der Waals surface area (Å²) in [6, 6.07) is 9.66. The molecule has 0 amide bonds. The molecule has 0 spiro atoms. The molecule has 18 heavy (non-hydrogen) atoms. The Morgan fingerprint density at radius 1 is 1.33 bits per heavy atom. The molecule has 0 bridgehead atoms. The van der Waals surface area contributed by atoms with Gasteiger partial charge in [-0.25, -0.2) is 0 Å². The van der Waals surface area contributed by atoms with Crippen LogP contribution in [0.3, 0.4) is 0 Å². The summed E-state index contributed by atoms with van der Waals surface area (Å²) < 4.78 is 4.99. The molecule has 3 unspecified atom stereocenters. The fourth-order valence-electron chi connectivity index (χ4n) is 2.69. The molecule has 1 aliphatic carbocycles. The average Bonchev–Trinajstić information content (AvgIpc) is 2.66. The summed E-state index contributed by atoms with van der Waals surface area (Å²) in [6.07, 6.45) is 0.728. The minimum atomic E-state index is -0.588. The summed E-state index contributed by atoms with van der Waals surface area (Å²) in [5.41, 5.74) is 1.00. The second-order valence-electron chi connectivity index (χ2n) is 4.81. The number of ketones is 1. The number of Topliss-reactive ketones (excluding diaryl/α,β-unsaturated/α-hetero) is 1.